The molecule has 102 valence electrons. The molecule has 0 aliphatic rings. The second kappa shape index (κ2) is 9.32. The first-order valence-electron chi connectivity index (χ1n) is 7.02. The van der Waals surface area contributed by atoms with Crippen molar-refractivity contribution in [2.24, 2.45) is 0 Å². The van der Waals surface area contributed by atoms with Crippen molar-refractivity contribution in [1.82, 2.24) is 0 Å². The molecule has 0 spiro atoms. The van der Waals surface area contributed by atoms with Gasteiger partial charge in [0, 0.05) is 0 Å². The highest BCUT2D eigenvalue weighted by molar-refractivity contribution is 5.57. The molecule has 3 heteroatoms. The Balaban J connectivity index is 4.56. The van der Waals surface area contributed by atoms with Crippen molar-refractivity contribution in [3.05, 3.63) is 0 Å². The molecule has 0 aromatic carbocycles. The number of hydrogen-bond acceptors (Lipinski definition) is 2. The van der Waals surface area contributed by atoms with Gasteiger partial charge in [0.1, 0.15) is 5.60 Å². The largest absolute Gasteiger partial charge is 0.506 e. The number of hydrogen-bond donors (Lipinski definition) is 1. The highest BCUT2D eigenvalue weighted by Crippen LogP contribution is 2.31. The molecular weight excluding hydrogens is 216 g/mol. The van der Waals surface area contributed by atoms with Crippen LogP contribution in [0, 0.1) is 0 Å². The molecule has 0 rings (SSSR count). The van der Waals surface area contributed by atoms with Gasteiger partial charge in [-0.2, -0.15) is 0 Å². The summed E-state index contributed by atoms with van der Waals surface area (Å²) in [7, 11) is 0. The summed E-state index contributed by atoms with van der Waals surface area (Å²) in [6.07, 6.45) is 7.88. The lowest BCUT2D eigenvalue weighted by Crippen LogP contribution is -2.35. The van der Waals surface area contributed by atoms with Crippen LogP contribution in [-0.4, -0.2) is 16.9 Å². The molecule has 0 aromatic rings. The summed E-state index contributed by atoms with van der Waals surface area (Å²) in [5, 5.41) is 8.92. The van der Waals surface area contributed by atoms with Gasteiger partial charge >= 0.3 is 6.16 Å². The summed E-state index contributed by atoms with van der Waals surface area (Å²) in [5.74, 6) is 0. The smallest absolute Gasteiger partial charge is 0.450 e. The van der Waals surface area contributed by atoms with Gasteiger partial charge in [-0.25, -0.2) is 4.79 Å². The van der Waals surface area contributed by atoms with Crippen LogP contribution in [0.3, 0.4) is 0 Å². The van der Waals surface area contributed by atoms with Gasteiger partial charge in [0.15, 0.2) is 0 Å². The minimum atomic E-state index is -1.12. The van der Waals surface area contributed by atoms with Crippen LogP contribution in [0.25, 0.3) is 0 Å². The molecule has 0 amide bonds. The third-order valence-corrected chi connectivity index (χ3v) is 3.26. The Labute approximate surface area is 106 Å². The van der Waals surface area contributed by atoms with Crippen LogP contribution >= 0.6 is 0 Å². The van der Waals surface area contributed by atoms with E-state index in [1.807, 2.05) is 0 Å². The van der Waals surface area contributed by atoms with Crippen LogP contribution in [0.4, 0.5) is 4.79 Å². The highest BCUT2D eigenvalue weighted by Gasteiger charge is 2.32. The lowest BCUT2D eigenvalue weighted by Gasteiger charge is -2.32. The van der Waals surface area contributed by atoms with Crippen molar-refractivity contribution in [1.29, 1.82) is 0 Å². The summed E-state index contributed by atoms with van der Waals surface area (Å²) >= 11 is 0. The molecule has 0 atom stereocenters. The Morgan fingerprint density at radius 3 is 1.53 bits per heavy atom. The molecule has 0 saturated heterocycles. The Kier molecular flexibility index (Phi) is 8.92. The van der Waals surface area contributed by atoms with Crippen molar-refractivity contribution < 1.29 is 14.6 Å². The molecular formula is C14H28O3. The van der Waals surface area contributed by atoms with Crippen LogP contribution in [0.1, 0.15) is 78.6 Å². The topological polar surface area (TPSA) is 46.5 Å². The standard InChI is InChI=1S/C14H28O3/c1-4-7-10-14(11-8-5-2,12-9-6-3)17-13(15)16/h4-12H2,1-3H3,(H,15,16). The van der Waals surface area contributed by atoms with Gasteiger partial charge in [-0.05, 0) is 38.5 Å². The summed E-state index contributed by atoms with van der Waals surface area (Å²) in [6.45, 7) is 6.39. The molecule has 0 bridgehead atoms. The maximum atomic E-state index is 10.9. The van der Waals surface area contributed by atoms with Crippen molar-refractivity contribution in [2.75, 3.05) is 0 Å². The third-order valence-electron chi connectivity index (χ3n) is 3.26. The van der Waals surface area contributed by atoms with E-state index in [4.69, 9.17) is 9.84 Å². The maximum absolute atomic E-state index is 10.9. The van der Waals surface area contributed by atoms with Crippen LogP contribution in [0.15, 0.2) is 0 Å². The number of carboxylic acid groups (broad SMARTS) is 1. The first-order valence-corrected chi connectivity index (χ1v) is 7.02. The molecule has 1 N–H and O–H groups in total. The monoisotopic (exact) mass is 244 g/mol. The number of rotatable bonds is 10. The van der Waals surface area contributed by atoms with Gasteiger partial charge in [0.2, 0.25) is 0 Å². The predicted molar refractivity (Wildman–Crippen MR) is 70.4 cm³/mol. The van der Waals surface area contributed by atoms with Gasteiger partial charge < -0.3 is 9.84 Å². The molecule has 0 aliphatic carbocycles. The SMILES string of the molecule is CCCCC(CCCC)(CCCC)OC(=O)O. The van der Waals surface area contributed by atoms with E-state index in [1.165, 1.54) is 0 Å². The fourth-order valence-corrected chi connectivity index (χ4v) is 2.21. The number of ether oxygens (including phenoxy) is 1. The molecule has 0 aliphatic heterocycles. The lowest BCUT2D eigenvalue weighted by molar-refractivity contribution is -0.0389. The first kappa shape index (κ1) is 16.3. The molecule has 0 saturated carbocycles. The fraction of sp³-hybridized carbons (Fsp3) is 0.929. The van der Waals surface area contributed by atoms with Crippen LogP contribution in [0.5, 0.6) is 0 Å². The second-order valence-electron chi connectivity index (χ2n) is 4.86. The number of unbranched alkanes of at least 4 members (excludes halogenated alkanes) is 3. The van der Waals surface area contributed by atoms with Gasteiger partial charge in [-0.15, -0.1) is 0 Å². The highest BCUT2D eigenvalue weighted by atomic mass is 16.7. The normalized spacial score (nSPS) is 11.5. The zero-order valence-electron chi connectivity index (χ0n) is 11.6. The second-order valence-corrected chi connectivity index (χ2v) is 4.86. The third kappa shape index (κ3) is 7.24. The summed E-state index contributed by atoms with van der Waals surface area (Å²) in [5.41, 5.74) is -0.423. The van der Waals surface area contributed by atoms with E-state index in [0.717, 1.165) is 57.8 Å². The van der Waals surface area contributed by atoms with Crippen LogP contribution in [-0.2, 0) is 4.74 Å². The average molecular weight is 244 g/mol. The zero-order valence-corrected chi connectivity index (χ0v) is 11.6. The molecule has 0 heterocycles. The van der Waals surface area contributed by atoms with Crippen LogP contribution in [0.2, 0.25) is 0 Å². The van der Waals surface area contributed by atoms with Gasteiger partial charge in [0.25, 0.3) is 0 Å². The van der Waals surface area contributed by atoms with E-state index < -0.39 is 11.8 Å². The zero-order chi connectivity index (χ0) is 13.1. The Morgan fingerprint density at radius 2 is 1.29 bits per heavy atom. The minimum Gasteiger partial charge on any atom is -0.450 e. The Bertz CT molecular complexity index is 180. The van der Waals surface area contributed by atoms with Crippen LogP contribution < -0.4 is 0 Å². The maximum Gasteiger partial charge on any atom is 0.506 e. The van der Waals surface area contributed by atoms with Crippen molar-refractivity contribution in [3.63, 3.8) is 0 Å². The average Bonchev–Trinajstić information content (AvgIpc) is 2.30. The number of carbonyl (C=O) groups is 1. The first-order chi connectivity index (χ1) is 8.10. The van der Waals surface area contributed by atoms with E-state index in [9.17, 15) is 4.79 Å². The van der Waals surface area contributed by atoms with Gasteiger partial charge in [-0.3, -0.25) is 0 Å². The molecule has 17 heavy (non-hydrogen) atoms. The van der Waals surface area contributed by atoms with E-state index in [1.54, 1.807) is 0 Å². The van der Waals surface area contributed by atoms with E-state index in [2.05, 4.69) is 20.8 Å². The molecule has 0 unspecified atom stereocenters. The molecule has 0 aromatic heterocycles. The van der Waals surface area contributed by atoms with Gasteiger partial charge in [0.05, 0.1) is 0 Å². The van der Waals surface area contributed by atoms with Crippen molar-refractivity contribution in [2.45, 2.75) is 84.2 Å². The minimum absolute atomic E-state index is 0.423. The summed E-state index contributed by atoms with van der Waals surface area (Å²) < 4.78 is 5.26. The summed E-state index contributed by atoms with van der Waals surface area (Å²) in [4.78, 5) is 10.9. The van der Waals surface area contributed by atoms with E-state index in [-0.39, 0.29) is 0 Å². The van der Waals surface area contributed by atoms with Crippen molar-refractivity contribution in [3.8, 4) is 0 Å². The van der Waals surface area contributed by atoms with Crippen molar-refractivity contribution >= 4 is 6.16 Å². The van der Waals surface area contributed by atoms with E-state index in [0.29, 0.717) is 0 Å². The predicted octanol–water partition coefficient (Wildman–Crippen LogP) is 4.99. The Morgan fingerprint density at radius 1 is 0.941 bits per heavy atom. The fourth-order valence-electron chi connectivity index (χ4n) is 2.21. The summed E-state index contributed by atoms with van der Waals surface area (Å²) in [6, 6.07) is 0. The lowest BCUT2D eigenvalue weighted by atomic mass is 9.86. The Hall–Kier alpha value is -0.730. The van der Waals surface area contributed by atoms with Gasteiger partial charge in [-0.1, -0.05) is 40.0 Å². The molecule has 0 radical (unpaired) electrons. The quantitative estimate of drug-likeness (QED) is 0.551. The molecule has 0 fully saturated rings. The van der Waals surface area contributed by atoms with E-state index >= 15 is 0 Å². The molecule has 3 nitrogen and oxygen atoms in total.